The number of nitrogens with two attached hydrogens (primary N) is 1. The van der Waals surface area contributed by atoms with Crippen LogP contribution in [0.15, 0.2) is 0 Å². The standard InChI is InChI=1S/C11H19N5O2S/c1-11(2,3)18-10(17)15-6-4-5-7(15)8-13-14-9(19)16(8)12/h7H,4-6,12H2,1-3H3,(H,14,19)/t7-/m1/s1. The van der Waals surface area contributed by atoms with Gasteiger partial charge in [-0.1, -0.05) is 0 Å². The second-order valence-corrected chi connectivity index (χ2v) is 5.98. The number of nitrogen functional groups attached to an aromatic ring is 1. The molecule has 3 N–H and O–H groups in total. The summed E-state index contributed by atoms with van der Waals surface area (Å²) in [5.41, 5.74) is -0.516. The van der Waals surface area contributed by atoms with Gasteiger partial charge in [-0.25, -0.2) is 9.47 Å². The molecule has 106 valence electrons. The van der Waals surface area contributed by atoms with Crippen molar-refractivity contribution >= 4 is 18.3 Å². The van der Waals surface area contributed by atoms with Crippen molar-refractivity contribution in [2.75, 3.05) is 12.4 Å². The van der Waals surface area contributed by atoms with Crippen molar-refractivity contribution in [2.45, 2.75) is 45.3 Å². The lowest BCUT2D eigenvalue weighted by Gasteiger charge is -2.27. The molecule has 2 rings (SSSR count). The van der Waals surface area contributed by atoms with Crippen molar-refractivity contribution in [1.29, 1.82) is 0 Å². The molecule has 1 fully saturated rings. The minimum atomic E-state index is -0.516. The van der Waals surface area contributed by atoms with E-state index in [1.54, 1.807) is 4.90 Å². The highest BCUT2D eigenvalue weighted by Gasteiger charge is 2.35. The Kier molecular flexibility index (Phi) is 3.53. The number of amides is 1. The van der Waals surface area contributed by atoms with Crippen LogP contribution in [0.1, 0.15) is 45.5 Å². The molecule has 8 heteroatoms. The van der Waals surface area contributed by atoms with Crippen LogP contribution in [0.2, 0.25) is 0 Å². The molecular weight excluding hydrogens is 266 g/mol. The van der Waals surface area contributed by atoms with Crippen LogP contribution in [0.25, 0.3) is 0 Å². The quantitative estimate of drug-likeness (QED) is 0.606. The van der Waals surface area contributed by atoms with Crippen LogP contribution in [0.4, 0.5) is 4.79 Å². The summed E-state index contributed by atoms with van der Waals surface area (Å²) in [6.45, 7) is 6.16. The van der Waals surface area contributed by atoms with E-state index in [1.807, 2.05) is 20.8 Å². The van der Waals surface area contributed by atoms with Gasteiger partial charge in [0.1, 0.15) is 5.60 Å². The molecule has 0 radical (unpaired) electrons. The van der Waals surface area contributed by atoms with Gasteiger partial charge in [0, 0.05) is 6.54 Å². The minimum Gasteiger partial charge on any atom is -0.444 e. The van der Waals surface area contributed by atoms with E-state index < -0.39 is 5.60 Å². The summed E-state index contributed by atoms with van der Waals surface area (Å²) in [6, 6.07) is -0.187. The number of hydrogen-bond donors (Lipinski definition) is 2. The van der Waals surface area contributed by atoms with Crippen LogP contribution in [0.3, 0.4) is 0 Å². The largest absolute Gasteiger partial charge is 0.444 e. The van der Waals surface area contributed by atoms with Gasteiger partial charge in [-0.05, 0) is 45.8 Å². The molecule has 7 nitrogen and oxygen atoms in total. The third kappa shape index (κ3) is 2.89. The molecule has 1 aromatic rings. The first-order chi connectivity index (χ1) is 8.79. The molecule has 1 amide bonds. The first kappa shape index (κ1) is 13.9. The highest BCUT2D eigenvalue weighted by Crippen LogP contribution is 2.31. The number of ether oxygens (including phenoxy) is 1. The number of rotatable bonds is 1. The second kappa shape index (κ2) is 4.84. The number of hydrogen-bond acceptors (Lipinski definition) is 5. The van der Waals surface area contributed by atoms with E-state index in [0.29, 0.717) is 17.1 Å². The first-order valence-corrected chi connectivity index (χ1v) is 6.62. The summed E-state index contributed by atoms with van der Waals surface area (Å²) in [7, 11) is 0. The average Bonchev–Trinajstić information content (AvgIpc) is 2.85. The number of likely N-dealkylation sites (tertiary alicyclic amines) is 1. The topological polar surface area (TPSA) is 89.2 Å². The fourth-order valence-electron chi connectivity index (χ4n) is 2.13. The Hall–Kier alpha value is -1.57. The monoisotopic (exact) mass is 285 g/mol. The van der Waals surface area contributed by atoms with Crippen molar-refractivity contribution in [1.82, 2.24) is 19.8 Å². The summed E-state index contributed by atoms with van der Waals surface area (Å²) in [5.74, 6) is 6.38. The predicted molar refractivity (Wildman–Crippen MR) is 72.5 cm³/mol. The molecule has 1 atom stereocenters. The van der Waals surface area contributed by atoms with Gasteiger partial charge in [-0.15, -0.1) is 0 Å². The number of aromatic nitrogens is 3. The molecule has 19 heavy (non-hydrogen) atoms. The van der Waals surface area contributed by atoms with E-state index in [-0.39, 0.29) is 12.1 Å². The molecule has 0 bridgehead atoms. The van der Waals surface area contributed by atoms with Crippen LogP contribution in [-0.2, 0) is 4.74 Å². The first-order valence-electron chi connectivity index (χ1n) is 6.21. The fourth-order valence-corrected chi connectivity index (χ4v) is 2.27. The Labute approximate surface area is 116 Å². The molecule has 2 heterocycles. The lowest BCUT2D eigenvalue weighted by Crippen LogP contribution is -2.37. The molecule has 0 aliphatic carbocycles. The smallest absolute Gasteiger partial charge is 0.410 e. The lowest BCUT2D eigenvalue weighted by atomic mass is 10.2. The third-order valence-corrected chi connectivity index (χ3v) is 3.20. The number of nitrogens with one attached hydrogen (secondary N) is 1. The van der Waals surface area contributed by atoms with Gasteiger partial charge in [0.2, 0.25) is 4.77 Å². The van der Waals surface area contributed by atoms with Crippen LogP contribution < -0.4 is 5.84 Å². The van der Waals surface area contributed by atoms with E-state index in [1.165, 1.54) is 4.68 Å². The van der Waals surface area contributed by atoms with Gasteiger partial charge in [-0.3, -0.25) is 10.00 Å². The number of H-pyrrole nitrogens is 1. The van der Waals surface area contributed by atoms with E-state index in [0.717, 1.165) is 12.8 Å². The van der Waals surface area contributed by atoms with Gasteiger partial charge in [0.05, 0.1) is 6.04 Å². The Bertz CT molecular complexity index is 530. The van der Waals surface area contributed by atoms with Gasteiger partial charge in [0.25, 0.3) is 0 Å². The SMILES string of the molecule is CC(C)(C)OC(=O)N1CCC[C@@H]1c1n[nH]c(=S)n1N. The summed E-state index contributed by atoms with van der Waals surface area (Å²) >= 11 is 4.99. The van der Waals surface area contributed by atoms with Crippen LogP contribution in [0.5, 0.6) is 0 Å². The van der Waals surface area contributed by atoms with Crippen LogP contribution in [0, 0.1) is 4.77 Å². The molecule has 1 saturated heterocycles. The number of nitrogens with zero attached hydrogens (tertiary/aromatic N) is 3. The molecule has 0 aromatic carbocycles. The van der Waals surface area contributed by atoms with Gasteiger partial charge in [0.15, 0.2) is 5.82 Å². The van der Waals surface area contributed by atoms with E-state index >= 15 is 0 Å². The summed E-state index contributed by atoms with van der Waals surface area (Å²) in [5, 5.41) is 6.73. The Balaban J connectivity index is 2.20. The highest BCUT2D eigenvalue weighted by molar-refractivity contribution is 7.71. The normalized spacial score (nSPS) is 19.7. The lowest BCUT2D eigenvalue weighted by molar-refractivity contribution is 0.0216. The molecule has 0 spiro atoms. The van der Waals surface area contributed by atoms with E-state index in [2.05, 4.69) is 10.2 Å². The Morgan fingerprint density at radius 1 is 1.58 bits per heavy atom. The van der Waals surface area contributed by atoms with Crippen molar-refractivity contribution in [2.24, 2.45) is 0 Å². The second-order valence-electron chi connectivity index (χ2n) is 5.59. The zero-order chi connectivity index (χ0) is 14.2. The zero-order valence-electron chi connectivity index (χ0n) is 11.3. The maximum Gasteiger partial charge on any atom is 0.410 e. The Morgan fingerprint density at radius 3 is 2.79 bits per heavy atom. The molecular formula is C11H19N5O2S. The van der Waals surface area contributed by atoms with E-state index in [4.69, 9.17) is 22.8 Å². The highest BCUT2D eigenvalue weighted by atomic mass is 32.1. The van der Waals surface area contributed by atoms with Crippen molar-refractivity contribution in [3.8, 4) is 0 Å². The predicted octanol–water partition coefficient (Wildman–Crippen LogP) is 1.73. The molecule has 0 saturated carbocycles. The number of carbonyl (C=O) groups excluding carboxylic acids is 1. The minimum absolute atomic E-state index is 0.187. The zero-order valence-corrected chi connectivity index (χ0v) is 12.2. The number of aromatic amines is 1. The van der Waals surface area contributed by atoms with Gasteiger partial charge in [-0.2, -0.15) is 5.10 Å². The van der Waals surface area contributed by atoms with Gasteiger partial charge >= 0.3 is 6.09 Å². The summed E-state index contributed by atoms with van der Waals surface area (Å²) in [4.78, 5) is 13.8. The third-order valence-electron chi connectivity index (χ3n) is 2.91. The van der Waals surface area contributed by atoms with Gasteiger partial charge < -0.3 is 10.6 Å². The molecule has 1 aliphatic heterocycles. The molecule has 0 unspecified atom stereocenters. The fraction of sp³-hybridized carbons (Fsp3) is 0.727. The number of carbonyl (C=O) groups is 1. The summed E-state index contributed by atoms with van der Waals surface area (Å²) < 4.78 is 7.04. The summed E-state index contributed by atoms with van der Waals surface area (Å²) in [6.07, 6.45) is 1.35. The molecule has 1 aliphatic rings. The average molecular weight is 285 g/mol. The van der Waals surface area contributed by atoms with E-state index in [9.17, 15) is 4.79 Å². The maximum atomic E-state index is 12.2. The maximum absolute atomic E-state index is 12.2. The molecule has 1 aromatic heterocycles. The van der Waals surface area contributed by atoms with Crippen LogP contribution in [-0.4, -0.2) is 38.0 Å². The van der Waals surface area contributed by atoms with Crippen molar-refractivity contribution in [3.05, 3.63) is 10.6 Å². The Morgan fingerprint density at radius 2 is 2.26 bits per heavy atom. The van der Waals surface area contributed by atoms with Crippen LogP contribution >= 0.6 is 12.2 Å². The van der Waals surface area contributed by atoms with Crippen molar-refractivity contribution < 1.29 is 9.53 Å². The van der Waals surface area contributed by atoms with Crippen molar-refractivity contribution in [3.63, 3.8) is 0 Å².